The van der Waals surface area contributed by atoms with E-state index in [4.69, 9.17) is 21.1 Å². The van der Waals surface area contributed by atoms with E-state index in [9.17, 15) is 5.11 Å². The van der Waals surface area contributed by atoms with Crippen LogP contribution in [0.2, 0.25) is 5.02 Å². The van der Waals surface area contributed by atoms with E-state index >= 15 is 0 Å². The van der Waals surface area contributed by atoms with Crippen molar-refractivity contribution in [3.05, 3.63) is 57.0 Å². The predicted octanol–water partition coefficient (Wildman–Crippen LogP) is 3.96. The van der Waals surface area contributed by atoms with Crippen LogP contribution >= 0.6 is 27.5 Å². The lowest BCUT2D eigenvalue weighted by atomic mass is 10.0. The molecule has 0 saturated carbocycles. The standard InChI is InChI=1S/C15H12BrClO3/c16-11-8-14-13(19-5-6-20-14)7-10(11)15(18)9-3-1-2-4-12(9)17/h1-4,7-8,15,18H,5-6H2. The van der Waals surface area contributed by atoms with E-state index < -0.39 is 6.10 Å². The molecule has 1 atom stereocenters. The van der Waals surface area contributed by atoms with Crippen LogP contribution in [0.1, 0.15) is 17.2 Å². The van der Waals surface area contributed by atoms with E-state index in [0.717, 1.165) is 4.47 Å². The normalized spacial score (nSPS) is 14.9. The van der Waals surface area contributed by atoms with Gasteiger partial charge in [0.25, 0.3) is 0 Å². The van der Waals surface area contributed by atoms with Crippen LogP contribution in [0.5, 0.6) is 11.5 Å². The van der Waals surface area contributed by atoms with Crippen molar-refractivity contribution in [2.75, 3.05) is 13.2 Å². The zero-order valence-electron chi connectivity index (χ0n) is 10.5. The minimum Gasteiger partial charge on any atom is -0.486 e. The Hall–Kier alpha value is -1.23. The Balaban J connectivity index is 2.03. The molecule has 3 nitrogen and oxygen atoms in total. The van der Waals surface area contributed by atoms with E-state index in [1.165, 1.54) is 0 Å². The topological polar surface area (TPSA) is 38.7 Å². The highest BCUT2D eigenvalue weighted by molar-refractivity contribution is 9.10. The van der Waals surface area contributed by atoms with Gasteiger partial charge in [0.15, 0.2) is 11.5 Å². The molecule has 1 aliphatic rings. The van der Waals surface area contributed by atoms with Gasteiger partial charge < -0.3 is 14.6 Å². The van der Waals surface area contributed by atoms with Crippen LogP contribution in [0.3, 0.4) is 0 Å². The molecule has 0 radical (unpaired) electrons. The maximum atomic E-state index is 10.5. The van der Waals surface area contributed by atoms with Crippen molar-refractivity contribution in [3.63, 3.8) is 0 Å². The van der Waals surface area contributed by atoms with Crippen molar-refractivity contribution in [2.45, 2.75) is 6.10 Å². The van der Waals surface area contributed by atoms with E-state index in [0.29, 0.717) is 40.9 Å². The zero-order chi connectivity index (χ0) is 14.1. The van der Waals surface area contributed by atoms with Gasteiger partial charge in [0, 0.05) is 20.6 Å². The molecule has 1 aliphatic heterocycles. The molecule has 5 heteroatoms. The van der Waals surface area contributed by atoms with Crippen LogP contribution in [0.25, 0.3) is 0 Å². The summed E-state index contributed by atoms with van der Waals surface area (Å²) in [5, 5.41) is 11.1. The maximum Gasteiger partial charge on any atom is 0.162 e. The van der Waals surface area contributed by atoms with E-state index in [1.54, 1.807) is 18.2 Å². The van der Waals surface area contributed by atoms with Crippen LogP contribution in [0, 0.1) is 0 Å². The van der Waals surface area contributed by atoms with Crippen molar-refractivity contribution in [1.29, 1.82) is 0 Å². The molecule has 104 valence electrons. The summed E-state index contributed by atoms with van der Waals surface area (Å²) in [4.78, 5) is 0. The van der Waals surface area contributed by atoms with Crippen molar-refractivity contribution in [2.24, 2.45) is 0 Å². The fourth-order valence-electron chi connectivity index (χ4n) is 2.15. The monoisotopic (exact) mass is 354 g/mol. The third-order valence-electron chi connectivity index (χ3n) is 3.16. The summed E-state index contributed by atoms with van der Waals surface area (Å²) in [5.41, 5.74) is 1.36. The Morgan fingerprint density at radius 3 is 2.40 bits per heavy atom. The summed E-state index contributed by atoms with van der Waals surface area (Å²) in [6.45, 7) is 1.04. The van der Waals surface area contributed by atoms with Gasteiger partial charge in [-0.25, -0.2) is 0 Å². The predicted molar refractivity (Wildman–Crippen MR) is 80.6 cm³/mol. The van der Waals surface area contributed by atoms with Crippen LogP contribution in [0.4, 0.5) is 0 Å². The van der Waals surface area contributed by atoms with Gasteiger partial charge in [-0.2, -0.15) is 0 Å². The summed E-state index contributed by atoms with van der Waals surface area (Å²) in [6.07, 6.45) is -0.825. The van der Waals surface area contributed by atoms with Gasteiger partial charge in [0.1, 0.15) is 19.3 Å². The molecule has 0 aromatic heterocycles. The third kappa shape index (κ3) is 2.51. The lowest BCUT2D eigenvalue weighted by Gasteiger charge is -2.22. The zero-order valence-corrected chi connectivity index (χ0v) is 12.8. The summed E-state index contributed by atoms with van der Waals surface area (Å²) >= 11 is 9.59. The van der Waals surface area contributed by atoms with Crippen molar-refractivity contribution in [3.8, 4) is 11.5 Å². The molecule has 0 fully saturated rings. The van der Waals surface area contributed by atoms with Crippen LogP contribution < -0.4 is 9.47 Å². The molecule has 1 unspecified atom stereocenters. The number of benzene rings is 2. The molecule has 0 amide bonds. The minimum atomic E-state index is -0.825. The van der Waals surface area contributed by atoms with Gasteiger partial charge in [0.05, 0.1) is 0 Å². The Morgan fingerprint density at radius 2 is 1.70 bits per heavy atom. The number of hydrogen-bond donors (Lipinski definition) is 1. The second-order valence-electron chi connectivity index (χ2n) is 4.44. The van der Waals surface area contributed by atoms with Gasteiger partial charge in [0.2, 0.25) is 0 Å². The summed E-state index contributed by atoms with van der Waals surface area (Å²) < 4.78 is 11.8. The average Bonchev–Trinajstić information content (AvgIpc) is 2.46. The van der Waals surface area contributed by atoms with Crippen molar-refractivity contribution < 1.29 is 14.6 Å². The lowest BCUT2D eigenvalue weighted by molar-refractivity contribution is 0.169. The second kappa shape index (κ2) is 5.64. The first-order valence-corrected chi connectivity index (χ1v) is 7.35. The molecule has 1 N–H and O–H groups in total. The number of aliphatic hydroxyl groups excluding tert-OH is 1. The first-order chi connectivity index (χ1) is 9.66. The van der Waals surface area contributed by atoms with Crippen LogP contribution in [-0.2, 0) is 0 Å². The number of aliphatic hydroxyl groups is 1. The van der Waals surface area contributed by atoms with Gasteiger partial charge in [-0.1, -0.05) is 45.7 Å². The van der Waals surface area contributed by atoms with E-state index in [1.807, 2.05) is 18.2 Å². The first-order valence-electron chi connectivity index (χ1n) is 6.18. The molecule has 0 spiro atoms. The second-order valence-corrected chi connectivity index (χ2v) is 5.70. The fourth-order valence-corrected chi connectivity index (χ4v) is 2.93. The SMILES string of the molecule is OC(c1ccccc1Cl)c1cc2c(cc1Br)OCCO2. The summed E-state index contributed by atoms with van der Waals surface area (Å²) in [5.74, 6) is 1.32. The molecular weight excluding hydrogens is 344 g/mol. The van der Waals surface area contributed by atoms with Gasteiger partial charge in [-0.05, 0) is 18.2 Å². The van der Waals surface area contributed by atoms with Gasteiger partial charge in [-0.15, -0.1) is 0 Å². The highest BCUT2D eigenvalue weighted by Crippen LogP contribution is 2.40. The largest absolute Gasteiger partial charge is 0.486 e. The molecule has 20 heavy (non-hydrogen) atoms. The smallest absolute Gasteiger partial charge is 0.162 e. The number of rotatable bonds is 2. The molecule has 2 aromatic rings. The highest BCUT2D eigenvalue weighted by atomic mass is 79.9. The molecule has 0 aliphatic carbocycles. The van der Waals surface area contributed by atoms with Crippen LogP contribution in [0.15, 0.2) is 40.9 Å². The van der Waals surface area contributed by atoms with Crippen molar-refractivity contribution >= 4 is 27.5 Å². The summed E-state index contributed by atoms with van der Waals surface area (Å²) in [6, 6.07) is 10.8. The first kappa shape index (κ1) is 13.7. The Labute approximate surface area is 130 Å². The minimum absolute atomic E-state index is 0.510. The molecular formula is C15H12BrClO3. The molecule has 1 heterocycles. The van der Waals surface area contributed by atoms with Crippen LogP contribution in [-0.4, -0.2) is 18.3 Å². The number of fused-ring (bicyclic) bond motifs is 1. The fraction of sp³-hybridized carbons (Fsp3) is 0.200. The van der Waals surface area contributed by atoms with E-state index in [2.05, 4.69) is 15.9 Å². The van der Waals surface area contributed by atoms with Crippen molar-refractivity contribution in [1.82, 2.24) is 0 Å². The maximum absolute atomic E-state index is 10.5. The number of ether oxygens (including phenoxy) is 2. The lowest BCUT2D eigenvalue weighted by Crippen LogP contribution is -2.16. The van der Waals surface area contributed by atoms with E-state index in [-0.39, 0.29) is 0 Å². The number of halogens is 2. The Morgan fingerprint density at radius 1 is 1.05 bits per heavy atom. The Kier molecular flexibility index (Phi) is 3.87. The quantitative estimate of drug-likeness (QED) is 0.886. The highest BCUT2D eigenvalue weighted by Gasteiger charge is 2.21. The molecule has 0 bridgehead atoms. The molecule has 3 rings (SSSR count). The number of hydrogen-bond acceptors (Lipinski definition) is 3. The average molecular weight is 356 g/mol. The molecule has 0 saturated heterocycles. The van der Waals surface area contributed by atoms with Gasteiger partial charge in [-0.3, -0.25) is 0 Å². The summed E-state index contributed by atoms with van der Waals surface area (Å²) in [7, 11) is 0. The third-order valence-corrected chi connectivity index (χ3v) is 4.19. The Bertz CT molecular complexity index is 645. The molecule has 2 aromatic carbocycles. The van der Waals surface area contributed by atoms with Gasteiger partial charge >= 0.3 is 0 Å².